The Morgan fingerprint density at radius 3 is 2.71 bits per heavy atom. The van der Waals surface area contributed by atoms with Gasteiger partial charge in [0.25, 0.3) is 5.91 Å². The van der Waals surface area contributed by atoms with Crippen LogP contribution in [0.5, 0.6) is 0 Å². The van der Waals surface area contributed by atoms with Crippen molar-refractivity contribution in [2.45, 2.75) is 6.92 Å². The van der Waals surface area contributed by atoms with E-state index < -0.39 is 5.91 Å². The molecule has 0 fully saturated rings. The molecule has 0 atom stereocenters. The third-order valence-electron chi connectivity index (χ3n) is 1.89. The van der Waals surface area contributed by atoms with Gasteiger partial charge in [-0.1, -0.05) is 11.6 Å². The maximum Gasteiger partial charge on any atom is 0.275 e. The van der Waals surface area contributed by atoms with E-state index in [1.165, 1.54) is 6.20 Å². The highest BCUT2D eigenvalue weighted by molar-refractivity contribution is 6.29. The summed E-state index contributed by atoms with van der Waals surface area (Å²) in [5.41, 5.74) is 11.5. The molecule has 7 heteroatoms. The van der Waals surface area contributed by atoms with Crippen LogP contribution in [-0.2, 0) is 4.79 Å². The van der Waals surface area contributed by atoms with E-state index in [0.717, 1.165) is 0 Å². The van der Waals surface area contributed by atoms with Crippen molar-refractivity contribution in [1.82, 2.24) is 10.3 Å². The highest BCUT2D eigenvalue weighted by Crippen LogP contribution is 2.10. The summed E-state index contributed by atoms with van der Waals surface area (Å²) in [7, 11) is 0. The predicted molar refractivity (Wildman–Crippen MR) is 67.0 cm³/mol. The van der Waals surface area contributed by atoms with Crippen LogP contribution in [0, 0.1) is 0 Å². The number of pyridine rings is 1. The van der Waals surface area contributed by atoms with E-state index in [9.17, 15) is 4.79 Å². The molecule has 1 amide bonds. The Hall–Kier alpha value is -1.95. The summed E-state index contributed by atoms with van der Waals surface area (Å²) < 4.78 is 0. The normalized spacial score (nSPS) is 11.6. The number of carbonyl (C=O) groups is 1. The van der Waals surface area contributed by atoms with Crippen molar-refractivity contribution in [3.63, 3.8) is 0 Å². The van der Waals surface area contributed by atoms with E-state index in [2.05, 4.69) is 15.6 Å². The van der Waals surface area contributed by atoms with Crippen LogP contribution in [-0.4, -0.2) is 17.4 Å². The fraction of sp³-hybridized carbons (Fsp3) is 0.200. The molecule has 6 nitrogen and oxygen atoms in total. The first-order chi connectivity index (χ1) is 8.04. The Kier molecular flexibility index (Phi) is 4.59. The van der Waals surface area contributed by atoms with Gasteiger partial charge >= 0.3 is 0 Å². The molecule has 0 aliphatic heterocycles. The zero-order valence-corrected chi connectivity index (χ0v) is 10.1. The number of nitrogens with zero attached hydrogens (tertiary/aromatic N) is 1. The lowest BCUT2D eigenvalue weighted by atomic mass is 10.3. The maximum atomic E-state index is 11.6. The van der Waals surface area contributed by atoms with Gasteiger partial charge in [-0.3, -0.25) is 4.79 Å². The van der Waals surface area contributed by atoms with E-state index in [4.69, 9.17) is 23.1 Å². The fourth-order valence-electron chi connectivity index (χ4n) is 1.06. The van der Waals surface area contributed by atoms with E-state index in [-0.39, 0.29) is 11.5 Å². The van der Waals surface area contributed by atoms with Gasteiger partial charge in [0.2, 0.25) is 0 Å². The summed E-state index contributed by atoms with van der Waals surface area (Å²) in [5.74, 6) is -0.348. The van der Waals surface area contributed by atoms with Crippen molar-refractivity contribution in [2.75, 3.05) is 11.9 Å². The van der Waals surface area contributed by atoms with Crippen LogP contribution in [0.25, 0.3) is 0 Å². The average molecular weight is 256 g/mol. The van der Waals surface area contributed by atoms with E-state index >= 15 is 0 Å². The fourth-order valence-corrected chi connectivity index (χ4v) is 1.17. The van der Waals surface area contributed by atoms with Gasteiger partial charge in [0.1, 0.15) is 16.7 Å². The van der Waals surface area contributed by atoms with Crippen molar-refractivity contribution >= 4 is 23.2 Å². The van der Waals surface area contributed by atoms with Gasteiger partial charge in [0.05, 0.1) is 11.9 Å². The number of nitrogens with two attached hydrogens (primary N) is 2. The van der Waals surface area contributed by atoms with Gasteiger partial charge in [0.15, 0.2) is 0 Å². The molecule has 1 aromatic heterocycles. The number of carbonyl (C=O) groups excluding carboxylic acids is 1. The first-order valence-electron chi connectivity index (χ1n) is 4.96. The first kappa shape index (κ1) is 13.1. The Bertz CT molecular complexity index is 429. The Balaban J connectivity index is 2.72. The van der Waals surface area contributed by atoms with Crippen molar-refractivity contribution in [2.24, 2.45) is 11.5 Å². The molecule has 0 aliphatic rings. The standard InChI is InChI=1S/C10H14ClN5O/c1-2-14-9(13)8(12)10(17)16-6-3-4-7(11)15-5-6/h3-5,14H,2,12-13H2,1H3,(H,16,17)/b9-8-. The molecule has 0 saturated carbocycles. The molecule has 0 spiro atoms. The molecule has 17 heavy (non-hydrogen) atoms. The third-order valence-corrected chi connectivity index (χ3v) is 2.11. The lowest BCUT2D eigenvalue weighted by Gasteiger charge is -2.09. The minimum atomic E-state index is -0.493. The lowest BCUT2D eigenvalue weighted by molar-refractivity contribution is -0.113. The molecule has 0 bridgehead atoms. The van der Waals surface area contributed by atoms with Gasteiger partial charge in [-0.15, -0.1) is 0 Å². The largest absolute Gasteiger partial charge is 0.391 e. The number of aromatic nitrogens is 1. The summed E-state index contributed by atoms with van der Waals surface area (Å²) >= 11 is 5.61. The average Bonchev–Trinajstić information content (AvgIpc) is 2.31. The second-order valence-corrected chi connectivity index (χ2v) is 3.57. The van der Waals surface area contributed by atoms with E-state index in [0.29, 0.717) is 17.4 Å². The quantitative estimate of drug-likeness (QED) is 0.459. The molecule has 1 rings (SSSR count). The molecule has 1 aromatic rings. The maximum absolute atomic E-state index is 11.6. The van der Waals surface area contributed by atoms with Crippen molar-refractivity contribution in [3.8, 4) is 0 Å². The molecule has 0 aromatic carbocycles. The zero-order valence-electron chi connectivity index (χ0n) is 9.33. The SMILES string of the molecule is CCN/C(N)=C(\N)C(=O)Nc1ccc(Cl)nc1. The molecule has 0 radical (unpaired) electrons. The van der Waals surface area contributed by atoms with Gasteiger partial charge in [-0.2, -0.15) is 0 Å². The molecule has 0 aliphatic carbocycles. The second kappa shape index (κ2) is 5.95. The molecule has 92 valence electrons. The molecule has 1 heterocycles. The topological polar surface area (TPSA) is 106 Å². The number of nitrogens with one attached hydrogen (secondary N) is 2. The first-order valence-corrected chi connectivity index (χ1v) is 5.34. The summed E-state index contributed by atoms with van der Waals surface area (Å²) in [6.45, 7) is 2.43. The molecular weight excluding hydrogens is 242 g/mol. The van der Waals surface area contributed by atoms with Crippen LogP contribution in [0.3, 0.4) is 0 Å². The van der Waals surface area contributed by atoms with E-state index in [1.54, 1.807) is 12.1 Å². The van der Waals surface area contributed by atoms with Gasteiger partial charge in [0, 0.05) is 6.54 Å². The molecule has 6 N–H and O–H groups in total. The smallest absolute Gasteiger partial charge is 0.275 e. The van der Waals surface area contributed by atoms with Crippen molar-refractivity contribution in [3.05, 3.63) is 35.0 Å². The van der Waals surface area contributed by atoms with Crippen LogP contribution in [0.15, 0.2) is 29.8 Å². The predicted octanol–water partition coefficient (Wildman–Crippen LogP) is 0.370. The molecular formula is C10H14ClN5O. The number of hydrogen-bond donors (Lipinski definition) is 4. The van der Waals surface area contributed by atoms with Crippen LogP contribution in [0.1, 0.15) is 6.92 Å². The third kappa shape index (κ3) is 3.84. The van der Waals surface area contributed by atoms with Gasteiger partial charge in [-0.25, -0.2) is 4.98 Å². The summed E-state index contributed by atoms with van der Waals surface area (Å²) in [6.07, 6.45) is 1.43. The van der Waals surface area contributed by atoms with Crippen molar-refractivity contribution in [1.29, 1.82) is 0 Å². The van der Waals surface area contributed by atoms with Gasteiger partial charge < -0.3 is 22.1 Å². The van der Waals surface area contributed by atoms with Crippen LogP contribution in [0.4, 0.5) is 5.69 Å². The minimum Gasteiger partial charge on any atom is -0.391 e. The number of rotatable bonds is 4. The monoisotopic (exact) mass is 255 g/mol. The minimum absolute atomic E-state index is 0.0678. The lowest BCUT2D eigenvalue weighted by Crippen LogP contribution is -2.31. The number of hydrogen-bond acceptors (Lipinski definition) is 5. The second-order valence-electron chi connectivity index (χ2n) is 3.18. The van der Waals surface area contributed by atoms with Crippen LogP contribution < -0.4 is 22.1 Å². The molecule has 0 unspecified atom stereocenters. The Morgan fingerprint density at radius 1 is 1.47 bits per heavy atom. The van der Waals surface area contributed by atoms with E-state index in [1.807, 2.05) is 6.92 Å². The Labute approximate surface area is 104 Å². The Morgan fingerprint density at radius 2 is 2.18 bits per heavy atom. The number of anilines is 1. The zero-order chi connectivity index (χ0) is 12.8. The highest BCUT2D eigenvalue weighted by Gasteiger charge is 2.09. The van der Waals surface area contributed by atoms with Gasteiger partial charge in [-0.05, 0) is 19.1 Å². The van der Waals surface area contributed by atoms with Crippen molar-refractivity contribution < 1.29 is 4.79 Å². The highest BCUT2D eigenvalue weighted by atomic mass is 35.5. The number of amides is 1. The summed E-state index contributed by atoms with van der Waals surface area (Å²) in [5, 5.41) is 5.65. The molecule has 0 saturated heterocycles. The van der Waals surface area contributed by atoms with Crippen LogP contribution in [0.2, 0.25) is 5.15 Å². The summed E-state index contributed by atoms with van der Waals surface area (Å²) in [4.78, 5) is 15.5. The van der Waals surface area contributed by atoms with Crippen LogP contribution >= 0.6 is 11.6 Å². The summed E-state index contributed by atoms with van der Waals surface area (Å²) in [6, 6.07) is 3.18. The number of halogens is 1.